The topological polar surface area (TPSA) is 71.8 Å². The highest BCUT2D eigenvalue weighted by molar-refractivity contribution is 6.39. The van der Waals surface area contributed by atoms with E-state index in [9.17, 15) is 9.59 Å². The van der Waals surface area contributed by atoms with Crippen LogP contribution in [0, 0.1) is 0 Å². The molecule has 0 unspecified atom stereocenters. The maximum atomic E-state index is 12.2. The molecule has 2 aromatic rings. The van der Waals surface area contributed by atoms with Gasteiger partial charge in [-0.2, -0.15) is 0 Å². The molecule has 8 heteroatoms. The minimum Gasteiger partial charge on any atom is -0.467 e. The fraction of sp³-hybridized carbons (Fsp3) is 0.294. The van der Waals surface area contributed by atoms with Gasteiger partial charge in [0.25, 0.3) is 0 Å². The Kier molecular flexibility index (Phi) is 6.87. The number of nitrogens with one attached hydrogen (secondary N) is 1. The number of para-hydroxylation sites is 1. The van der Waals surface area contributed by atoms with E-state index in [4.69, 9.17) is 32.4 Å². The van der Waals surface area contributed by atoms with Gasteiger partial charge in [-0.3, -0.25) is 9.69 Å². The van der Waals surface area contributed by atoms with Gasteiger partial charge in [0.2, 0.25) is 5.91 Å². The number of benzene rings is 1. The van der Waals surface area contributed by atoms with Crippen LogP contribution in [0.5, 0.6) is 0 Å². The molecule has 0 radical (unpaired) electrons. The number of hydrogen-bond acceptors (Lipinski definition) is 5. The molecule has 1 amide bonds. The van der Waals surface area contributed by atoms with Crippen LogP contribution in [0.3, 0.4) is 0 Å². The van der Waals surface area contributed by atoms with Gasteiger partial charge in [0.05, 0.1) is 41.7 Å². The predicted molar refractivity (Wildman–Crippen MR) is 96.1 cm³/mol. The van der Waals surface area contributed by atoms with Gasteiger partial charge >= 0.3 is 5.97 Å². The number of carbonyl (C=O) groups excluding carboxylic acids is 2. The molecule has 0 saturated heterocycles. The Morgan fingerprint density at radius 3 is 2.56 bits per heavy atom. The van der Waals surface area contributed by atoms with E-state index in [1.807, 2.05) is 0 Å². The zero-order chi connectivity index (χ0) is 18.4. The van der Waals surface area contributed by atoms with Crippen molar-refractivity contribution in [3.05, 3.63) is 51.9 Å². The number of halogens is 2. The number of carbonyl (C=O) groups is 2. The van der Waals surface area contributed by atoms with Crippen molar-refractivity contribution in [2.75, 3.05) is 25.5 Å². The Bertz CT molecular complexity index is 741. The summed E-state index contributed by atoms with van der Waals surface area (Å²) in [5.74, 6) is -0.307. The summed E-state index contributed by atoms with van der Waals surface area (Å²) in [4.78, 5) is 25.7. The molecule has 6 nitrogen and oxygen atoms in total. The second-order valence-corrected chi connectivity index (χ2v) is 6.11. The SMILES string of the molecule is CCOC(=O)c1ccoc1CN(C)CC(=O)Nc1c(Cl)cccc1Cl. The third-order valence-electron chi connectivity index (χ3n) is 3.29. The number of amides is 1. The molecule has 0 saturated carbocycles. The Morgan fingerprint density at radius 1 is 1.24 bits per heavy atom. The van der Waals surface area contributed by atoms with Gasteiger partial charge < -0.3 is 14.5 Å². The maximum Gasteiger partial charge on any atom is 0.341 e. The Labute approximate surface area is 155 Å². The lowest BCUT2D eigenvalue weighted by Gasteiger charge is -2.16. The predicted octanol–water partition coefficient (Wildman–Crippen LogP) is 3.83. The van der Waals surface area contributed by atoms with Crippen LogP contribution in [0.4, 0.5) is 5.69 Å². The fourth-order valence-corrected chi connectivity index (χ4v) is 2.69. The van der Waals surface area contributed by atoms with Crippen LogP contribution in [-0.2, 0) is 16.1 Å². The van der Waals surface area contributed by atoms with Gasteiger partial charge in [-0.25, -0.2) is 4.79 Å². The standard InChI is InChI=1S/C17H18Cl2N2O4/c1-3-24-17(23)11-7-8-25-14(11)9-21(2)10-15(22)20-16-12(18)5-4-6-13(16)19/h4-8H,3,9-10H2,1-2H3,(H,20,22). The average molecular weight is 385 g/mol. The molecule has 0 fully saturated rings. The largest absolute Gasteiger partial charge is 0.467 e. The molecule has 0 bridgehead atoms. The summed E-state index contributed by atoms with van der Waals surface area (Å²) in [5.41, 5.74) is 0.720. The van der Waals surface area contributed by atoms with Crippen LogP contribution in [0.25, 0.3) is 0 Å². The number of hydrogen-bond donors (Lipinski definition) is 1. The zero-order valence-electron chi connectivity index (χ0n) is 13.8. The molecule has 0 spiro atoms. The first-order valence-corrected chi connectivity index (χ1v) is 8.33. The smallest absolute Gasteiger partial charge is 0.341 e. The maximum absolute atomic E-state index is 12.2. The Balaban J connectivity index is 1.96. The van der Waals surface area contributed by atoms with Crippen molar-refractivity contribution in [3.8, 4) is 0 Å². The van der Waals surface area contributed by atoms with E-state index in [0.717, 1.165) is 0 Å². The number of anilines is 1. The summed E-state index contributed by atoms with van der Waals surface area (Å²) in [7, 11) is 1.73. The number of likely N-dealkylation sites (N-methyl/N-ethyl adjacent to an activating group) is 1. The van der Waals surface area contributed by atoms with E-state index in [0.29, 0.717) is 27.1 Å². The molecular formula is C17H18Cl2N2O4. The zero-order valence-corrected chi connectivity index (χ0v) is 15.4. The van der Waals surface area contributed by atoms with Crippen LogP contribution in [0.1, 0.15) is 23.0 Å². The summed E-state index contributed by atoms with van der Waals surface area (Å²) in [6.07, 6.45) is 1.42. The quantitative estimate of drug-likeness (QED) is 0.734. The Morgan fingerprint density at radius 2 is 1.92 bits per heavy atom. The molecule has 2 rings (SSSR count). The molecule has 0 aliphatic heterocycles. The number of nitrogens with zero attached hydrogens (tertiary/aromatic N) is 1. The van der Waals surface area contributed by atoms with Gasteiger partial charge in [0, 0.05) is 0 Å². The van der Waals surface area contributed by atoms with Crippen LogP contribution in [-0.4, -0.2) is 37.0 Å². The molecule has 1 aromatic heterocycles. The highest BCUT2D eigenvalue weighted by Crippen LogP contribution is 2.29. The number of furan rings is 1. The van der Waals surface area contributed by atoms with E-state index < -0.39 is 5.97 Å². The van der Waals surface area contributed by atoms with E-state index in [1.165, 1.54) is 6.26 Å². The minimum absolute atomic E-state index is 0.0600. The van der Waals surface area contributed by atoms with Crippen molar-refractivity contribution in [2.24, 2.45) is 0 Å². The Hall–Kier alpha value is -2.02. The average Bonchev–Trinajstić information content (AvgIpc) is 2.99. The van der Waals surface area contributed by atoms with Gasteiger partial charge in [-0.1, -0.05) is 29.3 Å². The van der Waals surface area contributed by atoms with Gasteiger partial charge in [0.1, 0.15) is 11.3 Å². The fourth-order valence-electron chi connectivity index (χ4n) is 2.20. The van der Waals surface area contributed by atoms with Crippen molar-refractivity contribution in [2.45, 2.75) is 13.5 Å². The molecule has 0 aliphatic carbocycles. The van der Waals surface area contributed by atoms with E-state index in [-0.39, 0.29) is 25.6 Å². The highest BCUT2D eigenvalue weighted by Gasteiger charge is 2.18. The molecule has 1 aromatic carbocycles. The third-order valence-corrected chi connectivity index (χ3v) is 3.92. The monoisotopic (exact) mass is 384 g/mol. The highest BCUT2D eigenvalue weighted by atomic mass is 35.5. The normalized spacial score (nSPS) is 10.8. The van der Waals surface area contributed by atoms with Crippen molar-refractivity contribution >= 4 is 40.8 Å². The van der Waals surface area contributed by atoms with E-state index >= 15 is 0 Å². The second-order valence-electron chi connectivity index (χ2n) is 5.30. The summed E-state index contributed by atoms with van der Waals surface area (Å²) in [6.45, 7) is 2.34. The van der Waals surface area contributed by atoms with E-state index in [1.54, 1.807) is 43.1 Å². The lowest BCUT2D eigenvalue weighted by molar-refractivity contribution is -0.117. The molecule has 0 atom stereocenters. The van der Waals surface area contributed by atoms with Gasteiger partial charge in [0.15, 0.2) is 0 Å². The summed E-state index contributed by atoms with van der Waals surface area (Å²) in [5, 5.41) is 3.40. The van der Waals surface area contributed by atoms with Crippen LogP contribution in [0.15, 0.2) is 34.9 Å². The lowest BCUT2D eigenvalue weighted by Crippen LogP contribution is -2.30. The van der Waals surface area contributed by atoms with Gasteiger partial charge in [-0.15, -0.1) is 0 Å². The van der Waals surface area contributed by atoms with Gasteiger partial charge in [-0.05, 0) is 32.2 Å². The van der Waals surface area contributed by atoms with Crippen molar-refractivity contribution in [1.82, 2.24) is 4.90 Å². The molecular weight excluding hydrogens is 367 g/mol. The summed E-state index contributed by atoms with van der Waals surface area (Å²) < 4.78 is 10.3. The third kappa shape index (κ3) is 5.22. The first kappa shape index (κ1) is 19.3. The van der Waals surface area contributed by atoms with E-state index in [2.05, 4.69) is 5.32 Å². The lowest BCUT2D eigenvalue weighted by atomic mass is 10.2. The van der Waals surface area contributed by atoms with Crippen LogP contribution in [0.2, 0.25) is 10.0 Å². The molecule has 25 heavy (non-hydrogen) atoms. The van der Waals surface area contributed by atoms with Crippen molar-refractivity contribution < 1.29 is 18.7 Å². The second kappa shape index (κ2) is 8.89. The van der Waals surface area contributed by atoms with Crippen molar-refractivity contribution in [1.29, 1.82) is 0 Å². The minimum atomic E-state index is -0.452. The first-order valence-electron chi connectivity index (χ1n) is 7.58. The first-order chi connectivity index (χ1) is 11.9. The molecule has 1 heterocycles. The number of esters is 1. The molecule has 1 N–H and O–H groups in total. The molecule has 134 valence electrons. The van der Waals surface area contributed by atoms with Crippen LogP contribution < -0.4 is 5.32 Å². The summed E-state index contributed by atoms with van der Waals surface area (Å²) >= 11 is 12.1. The van der Waals surface area contributed by atoms with Crippen molar-refractivity contribution in [3.63, 3.8) is 0 Å². The number of ether oxygens (including phenoxy) is 1. The van der Waals surface area contributed by atoms with Crippen LogP contribution >= 0.6 is 23.2 Å². The summed E-state index contributed by atoms with van der Waals surface area (Å²) in [6, 6.07) is 6.52. The molecule has 0 aliphatic rings. The number of rotatable bonds is 7.